The number of carbonyl (C=O) groups is 2. The number of hydrogen-bond donors (Lipinski definition) is 1. The molecule has 2 aromatic rings. The molecule has 0 radical (unpaired) electrons. The molecule has 0 fully saturated rings. The number of rotatable bonds is 8. The Labute approximate surface area is 163 Å². The molecule has 1 aromatic heterocycles. The molecule has 7 nitrogen and oxygen atoms in total. The van der Waals surface area contributed by atoms with E-state index in [4.69, 9.17) is 16.3 Å². The van der Waals surface area contributed by atoms with E-state index in [-0.39, 0.29) is 18.4 Å². The lowest BCUT2D eigenvalue weighted by Crippen LogP contribution is -2.44. The van der Waals surface area contributed by atoms with E-state index in [1.54, 1.807) is 16.8 Å². The molecule has 2 heterocycles. The fraction of sp³-hybridized carbons (Fsp3) is 0.421. The number of aromatic nitrogens is 2. The second-order valence-electron chi connectivity index (χ2n) is 6.25. The minimum Gasteiger partial charge on any atom is -0.382 e. The first kappa shape index (κ1) is 19.4. The Hall–Kier alpha value is -2.38. The van der Waals surface area contributed by atoms with Gasteiger partial charge in [0.05, 0.1) is 12.2 Å². The molecule has 2 amide bonds. The molecule has 0 unspecified atom stereocenters. The Morgan fingerprint density at radius 3 is 2.85 bits per heavy atom. The highest BCUT2D eigenvalue weighted by molar-refractivity contribution is 6.30. The molecule has 0 spiro atoms. The molecule has 8 heteroatoms. The van der Waals surface area contributed by atoms with Crippen LogP contribution in [-0.4, -0.2) is 47.9 Å². The fourth-order valence-electron chi connectivity index (χ4n) is 2.93. The Morgan fingerprint density at radius 2 is 2.11 bits per heavy atom. The number of amides is 2. The Balaban J connectivity index is 1.68. The van der Waals surface area contributed by atoms with Crippen LogP contribution in [0.2, 0.25) is 5.02 Å². The molecule has 0 bridgehead atoms. The van der Waals surface area contributed by atoms with Gasteiger partial charge in [-0.25, -0.2) is 4.68 Å². The Morgan fingerprint density at radius 1 is 1.33 bits per heavy atom. The van der Waals surface area contributed by atoms with Crippen LogP contribution in [-0.2, 0) is 20.9 Å². The number of anilines is 1. The third-order valence-corrected chi connectivity index (χ3v) is 4.56. The third kappa shape index (κ3) is 4.87. The summed E-state index contributed by atoms with van der Waals surface area (Å²) in [5.74, 6) is 0.373. The zero-order valence-electron chi connectivity index (χ0n) is 15.3. The first-order valence-electron chi connectivity index (χ1n) is 9.07. The SMILES string of the molecule is CCOCCCNC(=O)CN1C(=O)CCn2nc(-c3ccc(Cl)cc3)cc21. The van der Waals surface area contributed by atoms with Crippen molar-refractivity contribution in [3.8, 4) is 11.3 Å². The van der Waals surface area contributed by atoms with Crippen molar-refractivity contribution in [2.75, 3.05) is 31.2 Å². The molecule has 0 saturated carbocycles. The summed E-state index contributed by atoms with van der Waals surface area (Å²) < 4.78 is 7.02. The van der Waals surface area contributed by atoms with Crippen LogP contribution in [0.3, 0.4) is 0 Å². The van der Waals surface area contributed by atoms with E-state index in [0.717, 1.165) is 17.7 Å². The lowest BCUT2D eigenvalue weighted by Gasteiger charge is -2.26. The van der Waals surface area contributed by atoms with Crippen molar-refractivity contribution in [2.24, 2.45) is 0 Å². The number of fused-ring (bicyclic) bond motifs is 1. The van der Waals surface area contributed by atoms with E-state index in [2.05, 4.69) is 10.4 Å². The van der Waals surface area contributed by atoms with Crippen molar-refractivity contribution >= 4 is 29.2 Å². The number of benzene rings is 1. The van der Waals surface area contributed by atoms with Crippen LogP contribution in [0.15, 0.2) is 30.3 Å². The largest absolute Gasteiger partial charge is 0.382 e. The van der Waals surface area contributed by atoms with Crippen molar-refractivity contribution in [1.29, 1.82) is 0 Å². The quantitative estimate of drug-likeness (QED) is 0.702. The van der Waals surface area contributed by atoms with Crippen LogP contribution in [0.1, 0.15) is 19.8 Å². The predicted molar refractivity (Wildman–Crippen MR) is 104 cm³/mol. The zero-order valence-corrected chi connectivity index (χ0v) is 16.0. The van der Waals surface area contributed by atoms with Crippen LogP contribution in [0.5, 0.6) is 0 Å². The second-order valence-corrected chi connectivity index (χ2v) is 6.68. The van der Waals surface area contributed by atoms with Gasteiger partial charge in [0.25, 0.3) is 0 Å². The fourth-order valence-corrected chi connectivity index (χ4v) is 3.06. The van der Waals surface area contributed by atoms with Crippen LogP contribution in [0.4, 0.5) is 5.82 Å². The molecular formula is C19H23ClN4O3. The van der Waals surface area contributed by atoms with E-state index in [1.165, 1.54) is 4.90 Å². The number of nitrogens with one attached hydrogen (secondary N) is 1. The second kappa shape index (κ2) is 9.01. The van der Waals surface area contributed by atoms with Crippen LogP contribution >= 0.6 is 11.6 Å². The highest BCUT2D eigenvalue weighted by Crippen LogP contribution is 2.28. The topological polar surface area (TPSA) is 76.5 Å². The van der Waals surface area contributed by atoms with Gasteiger partial charge in [-0.05, 0) is 25.5 Å². The van der Waals surface area contributed by atoms with Crippen LogP contribution in [0, 0.1) is 0 Å². The van der Waals surface area contributed by atoms with Crippen molar-refractivity contribution in [3.63, 3.8) is 0 Å². The van der Waals surface area contributed by atoms with Gasteiger partial charge in [0, 0.05) is 42.8 Å². The van der Waals surface area contributed by atoms with E-state index in [0.29, 0.717) is 43.6 Å². The number of halogens is 1. The number of aryl methyl sites for hydroxylation is 1. The normalized spacial score (nSPS) is 13.6. The van der Waals surface area contributed by atoms with Crippen molar-refractivity contribution < 1.29 is 14.3 Å². The van der Waals surface area contributed by atoms with Crippen LogP contribution < -0.4 is 10.2 Å². The standard InChI is InChI=1S/C19H23ClN4O3/c1-2-27-11-3-9-21-17(25)13-23-18-12-16(14-4-6-15(20)7-5-14)22-24(18)10-8-19(23)26/h4-7,12H,2-3,8-11,13H2,1H3,(H,21,25). The van der Waals surface area contributed by atoms with Gasteiger partial charge in [0.1, 0.15) is 12.4 Å². The average Bonchev–Trinajstić information content (AvgIpc) is 3.09. The first-order valence-corrected chi connectivity index (χ1v) is 9.45. The molecule has 27 heavy (non-hydrogen) atoms. The van der Waals surface area contributed by atoms with E-state index in [1.807, 2.05) is 25.1 Å². The highest BCUT2D eigenvalue weighted by Gasteiger charge is 2.28. The number of ether oxygens (including phenoxy) is 1. The molecule has 1 aliphatic heterocycles. The molecular weight excluding hydrogens is 368 g/mol. The third-order valence-electron chi connectivity index (χ3n) is 4.31. The minimum absolute atomic E-state index is 0.0147. The van der Waals surface area contributed by atoms with E-state index >= 15 is 0 Å². The number of hydrogen-bond acceptors (Lipinski definition) is 4. The molecule has 0 saturated heterocycles. The highest BCUT2D eigenvalue weighted by atomic mass is 35.5. The molecule has 144 valence electrons. The number of carbonyl (C=O) groups excluding carboxylic acids is 2. The summed E-state index contributed by atoms with van der Waals surface area (Å²) >= 11 is 5.94. The number of nitrogens with zero attached hydrogens (tertiary/aromatic N) is 3. The van der Waals surface area contributed by atoms with Crippen molar-refractivity contribution in [3.05, 3.63) is 35.4 Å². The summed E-state index contributed by atoms with van der Waals surface area (Å²) in [6, 6.07) is 9.20. The summed E-state index contributed by atoms with van der Waals surface area (Å²) in [5, 5.41) is 8.05. The van der Waals surface area contributed by atoms with E-state index in [9.17, 15) is 9.59 Å². The van der Waals surface area contributed by atoms with Gasteiger partial charge in [-0.15, -0.1) is 0 Å². The zero-order chi connectivity index (χ0) is 19.2. The minimum atomic E-state index is -0.192. The molecule has 1 N–H and O–H groups in total. The van der Waals surface area contributed by atoms with Gasteiger partial charge in [-0.3, -0.25) is 14.5 Å². The van der Waals surface area contributed by atoms with Crippen molar-refractivity contribution in [1.82, 2.24) is 15.1 Å². The van der Waals surface area contributed by atoms with E-state index < -0.39 is 0 Å². The molecule has 0 aliphatic carbocycles. The monoisotopic (exact) mass is 390 g/mol. The smallest absolute Gasteiger partial charge is 0.240 e. The maximum absolute atomic E-state index is 12.4. The van der Waals surface area contributed by atoms with Gasteiger partial charge in [-0.2, -0.15) is 5.10 Å². The molecule has 1 aliphatic rings. The van der Waals surface area contributed by atoms with Gasteiger partial charge < -0.3 is 10.1 Å². The Bertz CT molecular complexity index is 804. The van der Waals surface area contributed by atoms with Gasteiger partial charge in [0.2, 0.25) is 11.8 Å². The van der Waals surface area contributed by atoms with Crippen LogP contribution in [0.25, 0.3) is 11.3 Å². The van der Waals surface area contributed by atoms with Gasteiger partial charge in [-0.1, -0.05) is 23.7 Å². The summed E-state index contributed by atoms with van der Waals surface area (Å²) in [6.07, 6.45) is 1.07. The molecule has 0 atom stereocenters. The lowest BCUT2D eigenvalue weighted by atomic mass is 10.1. The maximum Gasteiger partial charge on any atom is 0.240 e. The average molecular weight is 391 g/mol. The van der Waals surface area contributed by atoms with Gasteiger partial charge >= 0.3 is 0 Å². The van der Waals surface area contributed by atoms with Crippen molar-refractivity contribution in [2.45, 2.75) is 26.3 Å². The summed E-state index contributed by atoms with van der Waals surface area (Å²) in [6.45, 7) is 4.22. The predicted octanol–water partition coefficient (Wildman–Crippen LogP) is 2.48. The van der Waals surface area contributed by atoms with Gasteiger partial charge in [0.15, 0.2) is 0 Å². The summed E-state index contributed by atoms with van der Waals surface area (Å²) in [4.78, 5) is 26.1. The maximum atomic E-state index is 12.4. The molecule has 3 rings (SSSR count). The lowest BCUT2D eigenvalue weighted by molar-refractivity contribution is -0.124. The Kier molecular flexibility index (Phi) is 6.47. The first-order chi connectivity index (χ1) is 13.1. The summed E-state index contributed by atoms with van der Waals surface area (Å²) in [5.41, 5.74) is 1.66. The molecule has 1 aromatic carbocycles. The summed E-state index contributed by atoms with van der Waals surface area (Å²) in [7, 11) is 0.